The molecule has 2 rings (SSSR count). The standard InChI is InChI=1S/C11H13ClN2O2/c12-9-5-8(6-13)1-2-10(9)14-3-4-16-7-11(14)15/h1-2,5H,3-4,6-7,13H2. The normalized spacial score (nSPS) is 16.6. The second kappa shape index (κ2) is 4.82. The van der Waals surface area contributed by atoms with Crippen molar-refractivity contribution in [3.05, 3.63) is 28.8 Å². The van der Waals surface area contributed by atoms with Crippen LogP contribution < -0.4 is 10.6 Å². The largest absolute Gasteiger partial charge is 0.370 e. The first-order chi connectivity index (χ1) is 7.72. The number of nitrogens with zero attached hydrogens (tertiary/aromatic N) is 1. The molecule has 4 nitrogen and oxygen atoms in total. The van der Waals surface area contributed by atoms with Crippen molar-refractivity contribution >= 4 is 23.2 Å². The number of amides is 1. The molecule has 1 amide bonds. The number of hydrogen-bond acceptors (Lipinski definition) is 3. The van der Waals surface area contributed by atoms with Gasteiger partial charge in [-0.1, -0.05) is 17.7 Å². The van der Waals surface area contributed by atoms with E-state index in [9.17, 15) is 4.79 Å². The van der Waals surface area contributed by atoms with Crippen LogP contribution in [0.25, 0.3) is 0 Å². The maximum atomic E-state index is 11.6. The predicted octanol–water partition coefficient (Wildman–Crippen LogP) is 1.16. The SMILES string of the molecule is NCc1ccc(N2CCOCC2=O)c(Cl)c1. The van der Waals surface area contributed by atoms with Gasteiger partial charge in [0.25, 0.3) is 5.91 Å². The van der Waals surface area contributed by atoms with Crippen LogP contribution in [0, 0.1) is 0 Å². The Morgan fingerprint density at radius 3 is 2.94 bits per heavy atom. The topological polar surface area (TPSA) is 55.6 Å². The van der Waals surface area contributed by atoms with Gasteiger partial charge in [-0.3, -0.25) is 4.79 Å². The van der Waals surface area contributed by atoms with Crippen molar-refractivity contribution < 1.29 is 9.53 Å². The predicted molar refractivity (Wildman–Crippen MR) is 62.5 cm³/mol. The first-order valence-electron chi connectivity index (χ1n) is 5.09. The molecule has 1 aliphatic heterocycles. The van der Waals surface area contributed by atoms with Gasteiger partial charge >= 0.3 is 0 Å². The van der Waals surface area contributed by atoms with Gasteiger partial charge in [-0.05, 0) is 17.7 Å². The number of halogens is 1. The second-order valence-corrected chi connectivity index (χ2v) is 4.00. The Kier molecular flexibility index (Phi) is 3.43. The monoisotopic (exact) mass is 240 g/mol. The van der Waals surface area contributed by atoms with Crippen LogP contribution in [-0.4, -0.2) is 25.7 Å². The molecule has 1 fully saturated rings. The Balaban J connectivity index is 2.28. The molecule has 0 aliphatic carbocycles. The molecule has 86 valence electrons. The van der Waals surface area contributed by atoms with Crippen LogP contribution >= 0.6 is 11.6 Å². The lowest BCUT2D eigenvalue weighted by Crippen LogP contribution is -2.41. The van der Waals surface area contributed by atoms with Gasteiger partial charge in [0.05, 0.1) is 17.3 Å². The number of carbonyl (C=O) groups excluding carboxylic acids is 1. The van der Waals surface area contributed by atoms with Crippen molar-refractivity contribution in [1.82, 2.24) is 0 Å². The average Bonchev–Trinajstić information content (AvgIpc) is 2.30. The van der Waals surface area contributed by atoms with E-state index in [4.69, 9.17) is 22.1 Å². The fourth-order valence-corrected chi connectivity index (χ4v) is 1.97. The van der Waals surface area contributed by atoms with E-state index in [0.717, 1.165) is 11.3 Å². The molecule has 5 heteroatoms. The van der Waals surface area contributed by atoms with Crippen molar-refractivity contribution in [2.45, 2.75) is 6.54 Å². The number of anilines is 1. The number of benzene rings is 1. The Bertz CT molecular complexity index is 409. The van der Waals surface area contributed by atoms with Crippen molar-refractivity contribution in [3.8, 4) is 0 Å². The van der Waals surface area contributed by atoms with E-state index in [0.29, 0.717) is 24.7 Å². The van der Waals surface area contributed by atoms with Gasteiger partial charge < -0.3 is 15.4 Å². The summed E-state index contributed by atoms with van der Waals surface area (Å²) in [5, 5.41) is 0.554. The molecule has 1 aromatic carbocycles. The maximum Gasteiger partial charge on any atom is 0.253 e. The lowest BCUT2D eigenvalue weighted by molar-refractivity contribution is -0.125. The first-order valence-corrected chi connectivity index (χ1v) is 5.47. The fourth-order valence-electron chi connectivity index (χ4n) is 1.67. The van der Waals surface area contributed by atoms with Crippen molar-refractivity contribution in [2.75, 3.05) is 24.7 Å². The molecule has 0 radical (unpaired) electrons. The highest BCUT2D eigenvalue weighted by Gasteiger charge is 2.21. The van der Waals surface area contributed by atoms with Gasteiger partial charge in [0.1, 0.15) is 6.61 Å². The summed E-state index contributed by atoms with van der Waals surface area (Å²) in [4.78, 5) is 13.3. The lowest BCUT2D eigenvalue weighted by atomic mass is 10.2. The third-order valence-corrected chi connectivity index (χ3v) is 2.83. The van der Waals surface area contributed by atoms with Crippen molar-refractivity contribution in [2.24, 2.45) is 5.73 Å². The molecule has 1 saturated heterocycles. The summed E-state index contributed by atoms with van der Waals surface area (Å²) < 4.78 is 5.06. The van der Waals surface area contributed by atoms with Crippen molar-refractivity contribution in [1.29, 1.82) is 0 Å². The Hall–Kier alpha value is -1.10. The molecule has 0 spiro atoms. The van der Waals surface area contributed by atoms with Gasteiger partial charge in [-0.25, -0.2) is 0 Å². The minimum atomic E-state index is -0.0614. The summed E-state index contributed by atoms with van der Waals surface area (Å²) in [7, 11) is 0. The highest BCUT2D eigenvalue weighted by molar-refractivity contribution is 6.33. The number of ether oxygens (including phenoxy) is 1. The molecule has 1 aliphatic rings. The smallest absolute Gasteiger partial charge is 0.253 e. The van der Waals surface area contributed by atoms with Crippen LogP contribution in [-0.2, 0) is 16.1 Å². The lowest BCUT2D eigenvalue weighted by Gasteiger charge is -2.27. The third kappa shape index (κ3) is 2.19. The first kappa shape index (κ1) is 11.4. The van der Waals surface area contributed by atoms with E-state index >= 15 is 0 Å². The molecule has 0 bridgehead atoms. The third-order valence-electron chi connectivity index (χ3n) is 2.52. The molecule has 2 N–H and O–H groups in total. The van der Waals surface area contributed by atoms with Crippen LogP contribution in [0.5, 0.6) is 0 Å². The summed E-state index contributed by atoms with van der Waals surface area (Å²) in [6.45, 7) is 1.65. The maximum absolute atomic E-state index is 11.6. The summed E-state index contributed by atoms with van der Waals surface area (Å²) in [6.07, 6.45) is 0. The summed E-state index contributed by atoms with van der Waals surface area (Å²) in [5.74, 6) is -0.0614. The molecular weight excluding hydrogens is 228 g/mol. The fraction of sp³-hybridized carbons (Fsp3) is 0.364. The van der Waals surface area contributed by atoms with Crippen LogP contribution in [0.2, 0.25) is 5.02 Å². The summed E-state index contributed by atoms with van der Waals surface area (Å²) >= 11 is 6.12. The van der Waals surface area contributed by atoms with E-state index in [1.165, 1.54) is 0 Å². The number of nitrogens with two attached hydrogens (primary N) is 1. The zero-order valence-corrected chi connectivity index (χ0v) is 9.54. The van der Waals surface area contributed by atoms with Crippen LogP contribution in [0.15, 0.2) is 18.2 Å². The van der Waals surface area contributed by atoms with E-state index in [-0.39, 0.29) is 12.5 Å². The second-order valence-electron chi connectivity index (χ2n) is 3.59. The molecular formula is C11H13ClN2O2. The number of morpholine rings is 1. The average molecular weight is 241 g/mol. The highest BCUT2D eigenvalue weighted by atomic mass is 35.5. The molecule has 1 aromatic rings. The number of rotatable bonds is 2. The summed E-state index contributed by atoms with van der Waals surface area (Å²) in [6, 6.07) is 5.50. The van der Waals surface area contributed by atoms with E-state index in [1.54, 1.807) is 11.0 Å². The zero-order valence-electron chi connectivity index (χ0n) is 8.78. The van der Waals surface area contributed by atoms with Crippen LogP contribution in [0.1, 0.15) is 5.56 Å². The molecule has 1 heterocycles. The molecule has 0 atom stereocenters. The number of carbonyl (C=O) groups is 1. The molecule has 0 unspecified atom stereocenters. The Morgan fingerprint density at radius 2 is 2.31 bits per heavy atom. The zero-order chi connectivity index (χ0) is 11.5. The van der Waals surface area contributed by atoms with E-state index in [1.807, 2.05) is 12.1 Å². The Labute approximate surface area is 98.9 Å². The van der Waals surface area contributed by atoms with Gasteiger partial charge in [0, 0.05) is 13.1 Å². The van der Waals surface area contributed by atoms with Gasteiger partial charge in [-0.15, -0.1) is 0 Å². The van der Waals surface area contributed by atoms with Crippen LogP contribution in [0.3, 0.4) is 0 Å². The highest BCUT2D eigenvalue weighted by Crippen LogP contribution is 2.27. The quantitative estimate of drug-likeness (QED) is 0.844. The minimum absolute atomic E-state index is 0.0614. The molecule has 16 heavy (non-hydrogen) atoms. The van der Waals surface area contributed by atoms with Gasteiger partial charge in [-0.2, -0.15) is 0 Å². The number of hydrogen-bond donors (Lipinski definition) is 1. The molecule has 0 saturated carbocycles. The summed E-state index contributed by atoms with van der Waals surface area (Å²) in [5.41, 5.74) is 7.20. The van der Waals surface area contributed by atoms with E-state index in [2.05, 4.69) is 0 Å². The minimum Gasteiger partial charge on any atom is -0.370 e. The van der Waals surface area contributed by atoms with Gasteiger partial charge in [0.15, 0.2) is 0 Å². The molecule has 0 aromatic heterocycles. The van der Waals surface area contributed by atoms with E-state index < -0.39 is 0 Å². The van der Waals surface area contributed by atoms with Crippen molar-refractivity contribution in [3.63, 3.8) is 0 Å². The Morgan fingerprint density at radius 1 is 1.50 bits per heavy atom. The van der Waals surface area contributed by atoms with Gasteiger partial charge in [0.2, 0.25) is 0 Å². The van der Waals surface area contributed by atoms with Crippen LogP contribution in [0.4, 0.5) is 5.69 Å².